The molecule has 1 amide bonds. The second-order valence-electron chi connectivity index (χ2n) is 2.46. The van der Waals surface area contributed by atoms with Crippen molar-refractivity contribution >= 4 is 5.91 Å². The van der Waals surface area contributed by atoms with E-state index in [9.17, 15) is 4.79 Å². The molecule has 0 bridgehead atoms. The summed E-state index contributed by atoms with van der Waals surface area (Å²) in [6.45, 7) is 6.50. The van der Waals surface area contributed by atoms with Crippen LogP contribution in [-0.4, -0.2) is 20.9 Å². The number of hydrogen-bond donors (Lipinski definition) is 1. The molecule has 0 aliphatic heterocycles. The zero-order valence-corrected chi connectivity index (χ0v) is 7.53. The first-order chi connectivity index (χ1) is 6.27. The van der Waals surface area contributed by atoms with Gasteiger partial charge in [-0.15, -0.1) is 5.10 Å². The maximum atomic E-state index is 10.8. The maximum Gasteiger partial charge on any atom is 0.243 e. The van der Waals surface area contributed by atoms with Gasteiger partial charge in [-0.05, 0) is 13.0 Å². The average molecular weight is 180 g/mol. The number of nitrogens with one attached hydrogen (secondary N) is 1. The molecule has 1 aromatic rings. The molecule has 0 aliphatic carbocycles. The largest absolute Gasteiger partial charge is 0.347 e. The molecule has 0 aromatic carbocycles. The van der Waals surface area contributed by atoms with Gasteiger partial charge in [0.2, 0.25) is 5.91 Å². The first-order valence-corrected chi connectivity index (χ1v) is 4.05. The second-order valence-corrected chi connectivity index (χ2v) is 2.46. The second kappa shape index (κ2) is 4.39. The molecule has 0 radical (unpaired) electrons. The summed E-state index contributed by atoms with van der Waals surface area (Å²) in [5.74, 6) is -0.191. The van der Waals surface area contributed by atoms with Crippen molar-refractivity contribution in [2.24, 2.45) is 0 Å². The molecule has 1 N–H and O–H groups in total. The predicted molar refractivity (Wildman–Crippen MR) is 47.7 cm³/mol. The number of nitrogens with zero attached hydrogens (tertiary/aromatic N) is 3. The van der Waals surface area contributed by atoms with Crippen LogP contribution in [0.25, 0.3) is 0 Å². The van der Waals surface area contributed by atoms with Crippen molar-refractivity contribution in [1.29, 1.82) is 0 Å². The first-order valence-electron chi connectivity index (χ1n) is 4.05. The van der Waals surface area contributed by atoms with E-state index in [2.05, 4.69) is 22.2 Å². The Balaban J connectivity index is 2.53. The van der Waals surface area contributed by atoms with Gasteiger partial charge in [-0.3, -0.25) is 4.79 Å². The maximum absolute atomic E-state index is 10.8. The minimum Gasteiger partial charge on any atom is -0.347 e. The molecule has 70 valence electrons. The molecule has 0 atom stereocenters. The normalized spacial score (nSPS) is 9.62. The van der Waals surface area contributed by atoms with Crippen molar-refractivity contribution < 1.29 is 4.79 Å². The van der Waals surface area contributed by atoms with Crippen molar-refractivity contribution in [2.45, 2.75) is 20.0 Å². The number of amides is 1. The van der Waals surface area contributed by atoms with Crippen LogP contribution in [0.4, 0.5) is 0 Å². The van der Waals surface area contributed by atoms with Gasteiger partial charge < -0.3 is 5.32 Å². The summed E-state index contributed by atoms with van der Waals surface area (Å²) < 4.78 is 1.73. The van der Waals surface area contributed by atoms with Crippen molar-refractivity contribution in [3.8, 4) is 0 Å². The van der Waals surface area contributed by atoms with Crippen LogP contribution in [0.2, 0.25) is 0 Å². The van der Waals surface area contributed by atoms with Gasteiger partial charge in [0.15, 0.2) is 0 Å². The number of carbonyl (C=O) groups excluding carboxylic acids is 1. The number of aryl methyl sites for hydroxylation is 1. The highest BCUT2D eigenvalue weighted by Crippen LogP contribution is 1.94. The van der Waals surface area contributed by atoms with E-state index in [1.165, 1.54) is 6.08 Å². The lowest BCUT2D eigenvalue weighted by molar-refractivity contribution is -0.116. The van der Waals surface area contributed by atoms with Gasteiger partial charge in [0, 0.05) is 6.54 Å². The van der Waals surface area contributed by atoms with Crippen LogP contribution in [-0.2, 0) is 17.9 Å². The molecule has 1 aromatic heterocycles. The van der Waals surface area contributed by atoms with E-state index in [1.807, 2.05) is 6.92 Å². The van der Waals surface area contributed by atoms with Crippen molar-refractivity contribution in [1.82, 2.24) is 20.3 Å². The van der Waals surface area contributed by atoms with Crippen molar-refractivity contribution in [2.75, 3.05) is 0 Å². The van der Waals surface area contributed by atoms with E-state index in [0.717, 1.165) is 12.2 Å². The van der Waals surface area contributed by atoms with E-state index < -0.39 is 0 Å². The molecular formula is C8H12N4O. The highest BCUT2D eigenvalue weighted by Gasteiger charge is 2.01. The van der Waals surface area contributed by atoms with Gasteiger partial charge in [-0.25, -0.2) is 4.68 Å². The summed E-state index contributed by atoms with van der Waals surface area (Å²) >= 11 is 0. The lowest BCUT2D eigenvalue weighted by atomic mass is 10.4. The predicted octanol–water partition coefficient (Wildman–Crippen LogP) is 0.100. The fraction of sp³-hybridized carbons (Fsp3) is 0.375. The highest BCUT2D eigenvalue weighted by atomic mass is 16.1. The Kier molecular flexibility index (Phi) is 3.19. The number of aromatic nitrogens is 3. The van der Waals surface area contributed by atoms with Crippen molar-refractivity contribution in [3.63, 3.8) is 0 Å². The fourth-order valence-corrected chi connectivity index (χ4v) is 0.932. The molecule has 13 heavy (non-hydrogen) atoms. The van der Waals surface area contributed by atoms with Crippen molar-refractivity contribution in [3.05, 3.63) is 24.5 Å². The van der Waals surface area contributed by atoms with Gasteiger partial charge in [0.1, 0.15) is 0 Å². The Morgan fingerprint density at radius 1 is 1.85 bits per heavy atom. The van der Waals surface area contributed by atoms with Crippen LogP contribution in [0.3, 0.4) is 0 Å². The number of rotatable bonds is 4. The summed E-state index contributed by atoms with van der Waals surface area (Å²) in [7, 11) is 0. The highest BCUT2D eigenvalue weighted by molar-refractivity contribution is 5.86. The summed E-state index contributed by atoms with van der Waals surface area (Å²) in [5.41, 5.74) is 0.887. The average Bonchev–Trinajstić information content (AvgIpc) is 2.61. The SMILES string of the molecule is C=CC(=O)NCc1cnnn1CC. The molecule has 1 heterocycles. The zero-order chi connectivity index (χ0) is 9.68. The van der Waals surface area contributed by atoms with Gasteiger partial charge in [0.25, 0.3) is 0 Å². The quantitative estimate of drug-likeness (QED) is 0.668. The Bertz CT molecular complexity index is 305. The number of carbonyl (C=O) groups is 1. The molecule has 0 unspecified atom stereocenters. The summed E-state index contributed by atoms with van der Waals surface area (Å²) in [4.78, 5) is 10.8. The van der Waals surface area contributed by atoms with Gasteiger partial charge in [-0.2, -0.15) is 0 Å². The van der Waals surface area contributed by atoms with Gasteiger partial charge in [-0.1, -0.05) is 11.8 Å². The minimum atomic E-state index is -0.191. The Morgan fingerprint density at radius 3 is 3.23 bits per heavy atom. The Labute approximate surface area is 76.4 Å². The molecule has 0 spiro atoms. The lowest BCUT2D eigenvalue weighted by Crippen LogP contribution is -2.21. The smallest absolute Gasteiger partial charge is 0.243 e. The number of hydrogen-bond acceptors (Lipinski definition) is 3. The molecule has 5 nitrogen and oxygen atoms in total. The van der Waals surface area contributed by atoms with Crippen LogP contribution in [0.15, 0.2) is 18.9 Å². The van der Waals surface area contributed by atoms with Crippen LogP contribution in [0.1, 0.15) is 12.6 Å². The summed E-state index contributed by atoms with van der Waals surface area (Å²) in [6, 6.07) is 0. The van der Waals surface area contributed by atoms with Crippen LogP contribution < -0.4 is 5.32 Å². The summed E-state index contributed by atoms with van der Waals surface area (Å²) in [5, 5.41) is 10.2. The topological polar surface area (TPSA) is 59.8 Å². The van der Waals surface area contributed by atoms with Crippen LogP contribution in [0, 0.1) is 0 Å². The zero-order valence-electron chi connectivity index (χ0n) is 7.53. The Morgan fingerprint density at radius 2 is 2.62 bits per heavy atom. The third kappa shape index (κ3) is 2.40. The monoisotopic (exact) mass is 180 g/mol. The molecule has 0 saturated heterocycles. The van der Waals surface area contributed by atoms with E-state index >= 15 is 0 Å². The molecular weight excluding hydrogens is 168 g/mol. The first kappa shape index (κ1) is 9.44. The van der Waals surface area contributed by atoms with Gasteiger partial charge in [0.05, 0.1) is 18.4 Å². The minimum absolute atomic E-state index is 0.191. The van der Waals surface area contributed by atoms with E-state index in [0.29, 0.717) is 6.54 Å². The molecule has 5 heteroatoms. The molecule has 0 saturated carbocycles. The van der Waals surface area contributed by atoms with E-state index in [4.69, 9.17) is 0 Å². The third-order valence-electron chi connectivity index (χ3n) is 1.63. The Hall–Kier alpha value is -1.65. The third-order valence-corrected chi connectivity index (χ3v) is 1.63. The van der Waals surface area contributed by atoms with E-state index in [1.54, 1.807) is 10.9 Å². The fourth-order valence-electron chi connectivity index (χ4n) is 0.932. The summed E-state index contributed by atoms with van der Waals surface area (Å²) in [6.07, 6.45) is 2.87. The lowest BCUT2D eigenvalue weighted by Gasteiger charge is -2.02. The molecule has 0 fully saturated rings. The molecule has 1 rings (SSSR count). The van der Waals surface area contributed by atoms with Crippen LogP contribution in [0.5, 0.6) is 0 Å². The van der Waals surface area contributed by atoms with Crippen LogP contribution >= 0.6 is 0 Å². The van der Waals surface area contributed by atoms with Gasteiger partial charge >= 0.3 is 0 Å². The molecule has 0 aliphatic rings. The van der Waals surface area contributed by atoms with E-state index in [-0.39, 0.29) is 5.91 Å². The standard InChI is InChI=1S/C8H12N4O/c1-3-8(13)9-5-7-6-10-11-12(7)4-2/h3,6H,1,4-5H2,2H3,(H,9,13).